The number of aryl methyl sites for hydroxylation is 1. The molecule has 0 aliphatic rings. The van der Waals surface area contributed by atoms with Gasteiger partial charge in [0.25, 0.3) is 0 Å². The van der Waals surface area contributed by atoms with E-state index in [9.17, 15) is 18.3 Å². The zero-order valence-electron chi connectivity index (χ0n) is 12.3. The molecule has 0 saturated carbocycles. The third-order valence-electron chi connectivity index (χ3n) is 3.29. The number of carboxylic acids is 1. The fraction of sp³-hybridized carbons (Fsp3) is 0.500. The quantitative estimate of drug-likeness (QED) is 0.715. The van der Waals surface area contributed by atoms with E-state index in [1.54, 1.807) is 12.1 Å². The van der Waals surface area contributed by atoms with E-state index >= 15 is 0 Å². The Kier molecular flexibility index (Phi) is 5.95. The lowest BCUT2D eigenvalue weighted by atomic mass is 10.00. The number of benzene rings is 1. The molecule has 0 heterocycles. The Labute approximate surface area is 133 Å². The van der Waals surface area contributed by atoms with Gasteiger partial charge in [0, 0.05) is 4.32 Å². The van der Waals surface area contributed by atoms with Crippen LogP contribution in [0.15, 0.2) is 29.2 Å². The predicted octanol–water partition coefficient (Wildman–Crippen LogP) is 2.68. The number of aliphatic carboxylic acids is 1. The Hall–Kier alpha value is -0.920. The molecule has 2 N–H and O–H groups in total. The summed E-state index contributed by atoms with van der Waals surface area (Å²) in [6.07, 6.45) is 0.840. The average Bonchev–Trinajstić information content (AvgIpc) is 2.38. The number of rotatable bonds is 7. The first kappa shape index (κ1) is 18.1. The van der Waals surface area contributed by atoms with Gasteiger partial charge in [0.05, 0.1) is 4.90 Å². The number of carboxylic acid groups (broad SMARTS) is 1. The number of carbonyl (C=O) groups is 1. The molecule has 1 aromatic rings. The molecule has 0 saturated heterocycles. The van der Waals surface area contributed by atoms with Crippen molar-refractivity contribution in [1.29, 1.82) is 0 Å². The van der Waals surface area contributed by atoms with Gasteiger partial charge in [0.1, 0.15) is 6.04 Å². The SMILES string of the molecule is CCC(C)(Br)CC(NS(=O)(=O)c1ccc(C)cc1)C(=O)O. The van der Waals surface area contributed by atoms with Crippen LogP contribution in [0.3, 0.4) is 0 Å². The third kappa shape index (κ3) is 5.41. The van der Waals surface area contributed by atoms with E-state index in [2.05, 4.69) is 20.7 Å². The van der Waals surface area contributed by atoms with Crippen LogP contribution in [0.5, 0.6) is 0 Å². The first-order valence-electron chi connectivity index (χ1n) is 6.58. The number of nitrogens with one attached hydrogen (secondary N) is 1. The van der Waals surface area contributed by atoms with Crippen LogP contribution in [0.1, 0.15) is 32.3 Å². The maximum Gasteiger partial charge on any atom is 0.321 e. The number of hydrogen-bond donors (Lipinski definition) is 2. The summed E-state index contributed by atoms with van der Waals surface area (Å²) in [4.78, 5) is 11.4. The minimum Gasteiger partial charge on any atom is -0.480 e. The third-order valence-corrected chi connectivity index (χ3v) is 5.67. The first-order chi connectivity index (χ1) is 9.57. The normalized spacial score (nSPS) is 16.2. The van der Waals surface area contributed by atoms with E-state index < -0.39 is 26.4 Å². The summed E-state index contributed by atoms with van der Waals surface area (Å²) in [7, 11) is -3.85. The van der Waals surface area contributed by atoms with Gasteiger partial charge >= 0.3 is 5.97 Å². The molecule has 0 aliphatic carbocycles. The zero-order chi connectivity index (χ0) is 16.3. The van der Waals surface area contributed by atoms with Gasteiger partial charge in [-0.15, -0.1) is 0 Å². The van der Waals surface area contributed by atoms with Crippen molar-refractivity contribution in [2.45, 2.75) is 48.9 Å². The monoisotopic (exact) mass is 377 g/mol. The molecule has 2 unspecified atom stereocenters. The lowest BCUT2D eigenvalue weighted by Crippen LogP contribution is -2.44. The van der Waals surface area contributed by atoms with E-state index in [0.29, 0.717) is 6.42 Å². The topological polar surface area (TPSA) is 83.5 Å². The van der Waals surface area contributed by atoms with Gasteiger partial charge in [-0.05, 0) is 38.8 Å². The summed E-state index contributed by atoms with van der Waals surface area (Å²) in [5.41, 5.74) is 0.933. The molecule has 0 bridgehead atoms. The van der Waals surface area contributed by atoms with Crippen molar-refractivity contribution in [3.8, 4) is 0 Å². The second-order valence-electron chi connectivity index (χ2n) is 5.30. The zero-order valence-corrected chi connectivity index (χ0v) is 14.7. The highest BCUT2D eigenvalue weighted by Crippen LogP contribution is 2.27. The predicted molar refractivity (Wildman–Crippen MR) is 85.2 cm³/mol. The summed E-state index contributed by atoms with van der Waals surface area (Å²) in [5, 5.41) is 9.24. The van der Waals surface area contributed by atoms with E-state index in [0.717, 1.165) is 5.56 Å². The van der Waals surface area contributed by atoms with E-state index in [1.165, 1.54) is 12.1 Å². The van der Waals surface area contributed by atoms with Crippen molar-refractivity contribution in [3.63, 3.8) is 0 Å². The molecule has 2 atom stereocenters. The average molecular weight is 378 g/mol. The largest absolute Gasteiger partial charge is 0.480 e. The Morgan fingerprint density at radius 1 is 1.38 bits per heavy atom. The number of hydrogen-bond acceptors (Lipinski definition) is 3. The lowest BCUT2D eigenvalue weighted by Gasteiger charge is -2.25. The van der Waals surface area contributed by atoms with Crippen LogP contribution in [0, 0.1) is 6.92 Å². The molecule has 1 aromatic carbocycles. The molecule has 0 amide bonds. The van der Waals surface area contributed by atoms with Crippen molar-refractivity contribution in [1.82, 2.24) is 4.72 Å². The molecule has 21 heavy (non-hydrogen) atoms. The van der Waals surface area contributed by atoms with Crippen LogP contribution in [0.2, 0.25) is 0 Å². The highest BCUT2D eigenvalue weighted by molar-refractivity contribution is 9.10. The van der Waals surface area contributed by atoms with Crippen LogP contribution >= 0.6 is 15.9 Å². The van der Waals surface area contributed by atoms with Crippen LogP contribution in [-0.2, 0) is 14.8 Å². The van der Waals surface area contributed by atoms with E-state index in [4.69, 9.17) is 0 Å². The van der Waals surface area contributed by atoms with Gasteiger partial charge in [-0.3, -0.25) is 4.79 Å². The van der Waals surface area contributed by atoms with Gasteiger partial charge in [0.2, 0.25) is 10.0 Å². The first-order valence-corrected chi connectivity index (χ1v) is 8.86. The molecule has 118 valence electrons. The highest BCUT2D eigenvalue weighted by atomic mass is 79.9. The van der Waals surface area contributed by atoms with Crippen molar-refractivity contribution in [2.75, 3.05) is 0 Å². The molecule has 0 aromatic heterocycles. The molecule has 1 rings (SSSR count). The maximum atomic E-state index is 12.2. The Morgan fingerprint density at radius 2 is 1.90 bits per heavy atom. The van der Waals surface area contributed by atoms with Gasteiger partial charge in [-0.25, -0.2) is 8.42 Å². The highest BCUT2D eigenvalue weighted by Gasteiger charge is 2.31. The molecule has 0 aliphatic heterocycles. The minimum absolute atomic E-state index is 0.0622. The molecule has 5 nitrogen and oxygen atoms in total. The van der Waals surface area contributed by atoms with Crippen LogP contribution in [0.4, 0.5) is 0 Å². The Balaban J connectivity index is 2.97. The lowest BCUT2D eigenvalue weighted by molar-refractivity contribution is -0.139. The van der Waals surface area contributed by atoms with Gasteiger partial charge in [0.15, 0.2) is 0 Å². The Morgan fingerprint density at radius 3 is 2.33 bits per heavy atom. The molecule has 0 spiro atoms. The fourth-order valence-corrected chi connectivity index (χ4v) is 3.24. The van der Waals surface area contributed by atoms with Crippen molar-refractivity contribution >= 4 is 31.9 Å². The Bertz CT molecular complexity index is 596. The molecule has 0 radical (unpaired) electrons. The molecular formula is C14H20BrNO4S. The number of alkyl halides is 1. The van der Waals surface area contributed by atoms with E-state index in [-0.39, 0.29) is 11.3 Å². The van der Waals surface area contributed by atoms with Gasteiger partial charge < -0.3 is 5.11 Å². The van der Waals surface area contributed by atoms with Crippen molar-refractivity contribution in [2.24, 2.45) is 0 Å². The van der Waals surface area contributed by atoms with Gasteiger partial charge in [-0.1, -0.05) is 40.5 Å². The number of sulfonamides is 1. The molecule has 0 fully saturated rings. The fourth-order valence-electron chi connectivity index (χ4n) is 1.72. The van der Waals surface area contributed by atoms with Crippen LogP contribution < -0.4 is 4.72 Å². The summed E-state index contributed by atoms with van der Waals surface area (Å²) >= 11 is 3.43. The summed E-state index contributed by atoms with van der Waals surface area (Å²) in [6.45, 7) is 5.59. The minimum atomic E-state index is -3.85. The summed E-state index contributed by atoms with van der Waals surface area (Å²) in [5.74, 6) is -1.19. The summed E-state index contributed by atoms with van der Waals surface area (Å²) < 4.78 is 26.3. The smallest absolute Gasteiger partial charge is 0.321 e. The number of halogens is 1. The second-order valence-corrected chi connectivity index (χ2v) is 8.92. The van der Waals surface area contributed by atoms with Crippen molar-refractivity contribution < 1.29 is 18.3 Å². The van der Waals surface area contributed by atoms with E-state index in [1.807, 2.05) is 20.8 Å². The molecular weight excluding hydrogens is 358 g/mol. The standard InChI is InChI=1S/C14H20BrNO4S/c1-4-14(3,15)9-12(13(17)18)16-21(19,20)11-7-5-10(2)6-8-11/h5-8,12,16H,4,9H2,1-3H3,(H,17,18). The maximum absolute atomic E-state index is 12.2. The van der Waals surface area contributed by atoms with Crippen LogP contribution in [0.25, 0.3) is 0 Å². The van der Waals surface area contributed by atoms with Gasteiger partial charge in [-0.2, -0.15) is 4.72 Å². The second kappa shape index (κ2) is 6.89. The summed E-state index contributed by atoms with van der Waals surface area (Å²) in [6, 6.07) is 5.09. The van der Waals surface area contributed by atoms with Crippen LogP contribution in [-0.4, -0.2) is 29.9 Å². The molecule has 7 heteroatoms. The van der Waals surface area contributed by atoms with Crippen molar-refractivity contribution in [3.05, 3.63) is 29.8 Å².